The van der Waals surface area contributed by atoms with E-state index in [1.807, 2.05) is 67.8 Å². The summed E-state index contributed by atoms with van der Waals surface area (Å²) in [6, 6.07) is 15.3. The van der Waals surface area contributed by atoms with Crippen LogP contribution >= 0.6 is 0 Å². The van der Waals surface area contributed by atoms with Gasteiger partial charge in [-0.2, -0.15) is 0 Å². The van der Waals surface area contributed by atoms with Crippen LogP contribution in [0.2, 0.25) is 0 Å². The molecule has 6 heteroatoms. The zero-order valence-electron chi connectivity index (χ0n) is 18.3. The molecule has 31 heavy (non-hydrogen) atoms. The molecule has 0 radical (unpaired) electrons. The monoisotopic (exact) mass is 418 g/mol. The Morgan fingerprint density at radius 1 is 1.10 bits per heavy atom. The number of benzene rings is 1. The summed E-state index contributed by atoms with van der Waals surface area (Å²) in [5, 5.41) is 3.01. The maximum Gasteiger partial charge on any atom is 0.259 e. The molecule has 6 nitrogen and oxygen atoms in total. The highest BCUT2D eigenvalue weighted by Crippen LogP contribution is 2.26. The molecule has 3 heterocycles. The second-order valence-corrected chi connectivity index (χ2v) is 8.24. The minimum atomic E-state index is -0.137. The van der Waals surface area contributed by atoms with Crippen LogP contribution in [0.4, 0.5) is 11.5 Å². The van der Waals surface area contributed by atoms with Gasteiger partial charge in [0.1, 0.15) is 18.2 Å². The summed E-state index contributed by atoms with van der Waals surface area (Å²) in [6.07, 6.45) is 6.28. The Morgan fingerprint density at radius 3 is 2.52 bits per heavy atom. The molecule has 1 aliphatic rings. The largest absolute Gasteiger partial charge is 0.492 e. The molecule has 0 bridgehead atoms. The zero-order valence-corrected chi connectivity index (χ0v) is 18.3. The third-order valence-corrected chi connectivity index (χ3v) is 5.74. The van der Waals surface area contributed by atoms with Gasteiger partial charge in [0.05, 0.1) is 12.1 Å². The van der Waals surface area contributed by atoms with Gasteiger partial charge in [-0.25, -0.2) is 4.98 Å². The molecule has 162 valence electrons. The van der Waals surface area contributed by atoms with E-state index < -0.39 is 0 Å². The number of pyridine rings is 1. The van der Waals surface area contributed by atoms with Crippen LogP contribution < -0.4 is 15.0 Å². The highest BCUT2D eigenvalue weighted by atomic mass is 16.5. The Bertz CT molecular complexity index is 991. The van der Waals surface area contributed by atoms with E-state index in [2.05, 4.69) is 21.7 Å². The third kappa shape index (κ3) is 5.45. The fourth-order valence-electron chi connectivity index (χ4n) is 3.80. The normalized spacial score (nSPS) is 14.5. The number of aryl methyl sites for hydroxylation is 1. The predicted molar refractivity (Wildman–Crippen MR) is 124 cm³/mol. The zero-order chi connectivity index (χ0) is 21.6. The number of aromatic nitrogens is 2. The molecule has 0 atom stereocenters. The molecule has 1 aromatic carbocycles. The molecule has 0 unspecified atom stereocenters. The summed E-state index contributed by atoms with van der Waals surface area (Å²) in [6.45, 7) is 7.51. The molecule has 0 spiro atoms. The van der Waals surface area contributed by atoms with Crippen LogP contribution in [-0.2, 0) is 6.54 Å². The number of anilines is 2. The van der Waals surface area contributed by atoms with Gasteiger partial charge in [0.2, 0.25) is 0 Å². The summed E-state index contributed by atoms with van der Waals surface area (Å²) in [4.78, 5) is 20.0. The molecule has 4 rings (SSSR count). The first-order valence-electron chi connectivity index (χ1n) is 11.0. The third-order valence-electron chi connectivity index (χ3n) is 5.74. The van der Waals surface area contributed by atoms with Gasteiger partial charge >= 0.3 is 0 Å². The first-order chi connectivity index (χ1) is 15.1. The Morgan fingerprint density at radius 2 is 1.81 bits per heavy atom. The van der Waals surface area contributed by atoms with Gasteiger partial charge in [-0.1, -0.05) is 6.92 Å². The van der Waals surface area contributed by atoms with Crippen molar-refractivity contribution in [2.75, 3.05) is 29.9 Å². The van der Waals surface area contributed by atoms with E-state index in [0.717, 1.165) is 61.3 Å². The highest BCUT2D eigenvalue weighted by molar-refractivity contribution is 6.07. The number of ether oxygens (including phenoxy) is 1. The topological polar surface area (TPSA) is 59.4 Å². The molecular weight excluding hydrogens is 388 g/mol. The first-order valence-corrected chi connectivity index (χ1v) is 11.0. The lowest BCUT2D eigenvalue weighted by Gasteiger charge is -2.32. The number of nitrogens with zero attached hydrogens (tertiary/aromatic N) is 3. The maximum atomic E-state index is 13.0. The number of carbonyl (C=O) groups excluding carboxylic acids is 1. The van der Waals surface area contributed by atoms with Gasteiger partial charge in [0.25, 0.3) is 5.91 Å². The van der Waals surface area contributed by atoms with Crippen molar-refractivity contribution in [1.29, 1.82) is 0 Å². The lowest BCUT2D eigenvalue weighted by molar-refractivity contribution is 0.102. The van der Waals surface area contributed by atoms with Crippen molar-refractivity contribution in [1.82, 2.24) is 9.55 Å². The minimum absolute atomic E-state index is 0.137. The van der Waals surface area contributed by atoms with Crippen LogP contribution in [0.1, 0.15) is 35.8 Å². The Labute approximate surface area is 183 Å². The molecule has 2 aromatic heterocycles. The second-order valence-electron chi connectivity index (χ2n) is 8.24. The Kier molecular flexibility index (Phi) is 6.55. The quantitative estimate of drug-likeness (QED) is 0.601. The first kappa shape index (κ1) is 21.0. The SMILES string of the molecule is Cc1ccc(C(=O)Nc2ccc(OCCn3cccc3)cc2)c(N2CCC(C)CC2)n1. The van der Waals surface area contributed by atoms with Gasteiger partial charge in [0.15, 0.2) is 0 Å². The maximum absolute atomic E-state index is 13.0. The smallest absolute Gasteiger partial charge is 0.259 e. The van der Waals surface area contributed by atoms with Crippen molar-refractivity contribution in [3.8, 4) is 5.75 Å². The molecule has 1 amide bonds. The van der Waals surface area contributed by atoms with Gasteiger partial charge in [-0.3, -0.25) is 4.79 Å². The van der Waals surface area contributed by atoms with E-state index in [1.54, 1.807) is 0 Å². The van der Waals surface area contributed by atoms with Crippen molar-refractivity contribution in [2.45, 2.75) is 33.2 Å². The molecule has 1 saturated heterocycles. The summed E-state index contributed by atoms with van der Waals surface area (Å²) in [7, 11) is 0. The van der Waals surface area contributed by atoms with E-state index in [0.29, 0.717) is 12.2 Å². The summed E-state index contributed by atoms with van der Waals surface area (Å²) in [5.74, 6) is 2.16. The molecule has 3 aromatic rings. The Balaban J connectivity index is 1.39. The number of hydrogen-bond donors (Lipinski definition) is 1. The van der Waals surface area contributed by atoms with Gasteiger partial charge in [-0.05, 0) is 74.2 Å². The van der Waals surface area contributed by atoms with Crippen LogP contribution in [0.3, 0.4) is 0 Å². The van der Waals surface area contributed by atoms with Crippen molar-refractivity contribution in [3.05, 3.63) is 72.2 Å². The predicted octanol–water partition coefficient (Wildman–Crippen LogP) is 4.76. The van der Waals surface area contributed by atoms with Gasteiger partial charge in [-0.15, -0.1) is 0 Å². The summed E-state index contributed by atoms with van der Waals surface area (Å²) >= 11 is 0. The molecule has 1 N–H and O–H groups in total. The average molecular weight is 419 g/mol. The molecule has 0 aliphatic carbocycles. The number of rotatable bonds is 7. The van der Waals surface area contributed by atoms with Crippen molar-refractivity contribution in [3.63, 3.8) is 0 Å². The van der Waals surface area contributed by atoms with Crippen LogP contribution in [0.15, 0.2) is 60.9 Å². The summed E-state index contributed by atoms with van der Waals surface area (Å²) < 4.78 is 7.87. The highest BCUT2D eigenvalue weighted by Gasteiger charge is 2.22. The number of hydrogen-bond acceptors (Lipinski definition) is 4. The number of piperidine rings is 1. The van der Waals surface area contributed by atoms with E-state index >= 15 is 0 Å². The molecule has 0 saturated carbocycles. The molecular formula is C25H30N4O2. The van der Waals surface area contributed by atoms with Crippen molar-refractivity contribution in [2.24, 2.45) is 5.92 Å². The van der Waals surface area contributed by atoms with E-state index in [1.165, 1.54) is 0 Å². The standard InChI is InChI=1S/C25H30N4O2/c1-19-11-15-29(16-12-19)24-23(10-5-20(2)26-24)25(30)27-21-6-8-22(9-7-21)31-18-17-28-13-3-4-14-28/h3-10,13-14,19H,11-12,15-18H2,1-2H3,(H,27,30). The molecule has 1 aliphatic heterocycles. The fourth-order valence-corrected chi connectivity index (χ4v) is 3.80. The average Bonchev–Trinajstić information content (AvgIpc) is 3.29. The molecule has 1 fully saturated rings. The number of carbonyl (C=O) groups is 1. The lowest BCUT2D eigenvalue weighted by Crippen LogP contribution is -2.35. The van der Waals surface area contributed by atoms with Crippen molar-refractivity contribution < 1.29 is 9.53 Å². The number of amides is 1. The number of nitrogens with one attached hydrogen (secondary N) is 1. The van der Waals surface area contributed by atoms with E-state index in [4.69, 9.17) is 9.72 Å². The lowest BCUT2D eigenvalue weighted by atomic mass is 9.99. The van der Waals surface area contributed by atoms with Crippen LogP contribution in [0, 0.1) is 12.8 Å². The van der Waals surface area contributed by atoms with Gasteiger partial charge < -0.3 is 19.5 Å². The van der Waals surface area contributed by atoms with Gasteiger partial charge in [0, 0.05) is 36.9 Å². The van der Waals surface area contributed by atoms with E-state index in [-0.39, 0.29) is 5.91 Å². The van der Waals surface area contributed by atoms with Crippen LogP contribution in [0.25, 0.3) is 0 Å². The van der Waals surface area contributed by atoms with Crippen molar-refractivity contribution >= 4 is 17.4 Å². The van der Waals surface area contributed by atoms with Crippen LogP contribution in [0.5, 0.6) is 5.75 Å². The van der Waals surface area contributed by atoms with E-state index in [9.17, 15) is 4.79 Å². The Hall–Kier alpha value is -3.28. The summed E-state index contributed by atoms with van der Waals surface area (Å²) in [5.41, 5.74) is 2.28. The minimum Gasteiger partial charge on any atom is -0.492 e. The fraction of sp³-hybridized carbons (Fsp3) is 0.360. The second kappa shape index (κ2) is 9.69. The van der Waals surface area contributed by atoms with Crippen LogP contribution in [-0.4, -0.2) is 35.2 Å².